The molecule has 1 aromatic rings. The van der Waals surface area contributed by atoms with Crippen LogP contribution in [-0.4, -0.2) is 114 Å². The number of nitrogens with two attached hydrogens (primary N) is 2. The second-order valence-corrected chi connectivity index (χ2v) is 14.9. The first-order valence-electron chi connectivity index (χ1n) is 11.8. The molecule has 2 aliphatic rings. The Kier molecular flexibility index (Phi) is 10.8. The third-order valence-electron chi connectivity index (χ3n) is 6.61. The molecule has 12 N–H and O–H groups in total. The van der Waals surface area contributed by atoms with Gasteiger partial charge in [-0.25, -0.2) is 13.3 Å². The number of rotatable bonds is 12. The van der Waals surface area contributed by atoms with Gasteiger partial charge >= 0.3 is 14.5 Å². The van der Waals surface area contributed by atoms with Crippen LogP contribution in [0.15, 0.2) is 18.0 Å². The van der Waals surface area contributed by atoms with E-state index < -0.39 is 93.9 Å². The van der Waals surface area contributed by atoms with E-state index in [0.29, 0.717) is 0 Å². The number of carbonyl (C=O) groups excluding carboxylic acids is 1. The lowest BCUT2D eigenvalue weighted by Gasteiger charge is -2.41. The van der Waals surface area contributed by atoms with Gasteiger partial charge in [0.1, 0.15) is 52.7 Å². The Labute approximate surface area is 246 Å². The van der Waals surface area contributed by atoms with Gasteiger partial charge in [0, 0.05) is 5.56 Å². The Morgan fingerprint density at radius 2 is 1.93 bits per heavy atom. The predicted octanol–water partition coefficient (Wildman–Crippen LogP) is -1.96. The molecule has 1 amide bonds. The summed E-state index contributed by atoms with van der Waals surface area (Å²) in [6.45, 7) is -2.18. The Morgan fingerprint density at radius 1 is 1.31 bits per heavy atom. The lowest BCUT2D eigenvalue weighted by atomic mass is 9.83. The summed E-state index contributed by atoms with van der Waals surface area (Å²) < 4.78 is 51.4. The molecule has 12 atom stereocenters. The standard InChI is InChI=1S/C20H31FN2O15P2S2/c1-3-20(30)15(7-5-42-14(9(7)22)16(23)28)36-19(2,18(20)29)6-34-40(33,41)38-39(31,32)37-17-12(27)10(25)11(26)13(35-17)8(21)4-24/h3,5,8,10-13,15,17-18,24-27,29-30H,1,4,6,22H2,2H3,(H2,23,28)(H,31,32)(H,33,41)/t8-,10?,11?,12?,13?,15-,17?,18+,19+,20-,40?/m0/s1. The highest BCUT2D eigenvalue weighted by molar-refractivity contribution is 8.08. The van der Waals surface area contributed by atoms with Crippen molar-refractivity contribution in [1.29, 1.82) is 0 Å². The molecule has 2 fully saturated rings. The molecular weight excluding hydrogens is 653 g/mol. The summed E-state index contributed by atoms with van der Waals surface area (Å²) in [6, 6.07) is 0. The van der Waals surface area contributed by atoms with Crippen LogP contribution in [0.5, 0.6) is 0 Å². The Hall–Kier alpha value is -1.00. The lowest BCUT2D eigenvalue weighted by molar-refractivity contribution is -0.287. The summed E-state index contributed by atoms with van der Waals surface area (Å²) in [7, 11) is -5.55. The number of phosphoric acid groups is 1. The van der Waals surface area contributed by atoms with Gasteiger partial charge in [0.25, 0.3) is 5.91 Å². The second-order valence-electron chi connectivity index (χ2n) is 9.64. The van der Waals surface area contributed by atoms with E-state index in [1.165, 1.54) is 12.3 Å². The van der Waals surface area contributed by atoms with E-state index in [1.807, 2.05) is 0 Å². The zero-order valence-corrected chi connectivity index (χ0v) is 25.0. The highest BCUT2D eigenvalue weighted by Gasteiger charge is 2.61. The average molecular weight is 685 g/mol. The van der Waals surface area contributed by atoms with Crippen LogP contribution in [-0.2, 0) is 39.2 Å². The van der Waals surface area contributed by atoms with Gasteiger partial charge in [-0.1, -0.05) is 6.08 Å². The van der Waals surface area contributed by atoms with Crippen molar-refractivity contribution in [3.8, 4) is 0 Å². The summed E-state index contributed by atoms with van der Waals surface area (Å²) in [5.74, 6) is -0.852. The number of hydrogen-bond acceptors (Lipinski definition) is 16. The van der Waals surface area contributed by atoms with E-state index in [9.17, 15) is 49.1 Å². The molecule has 1 aromatic heterocycles. The maximum Gasteiger partial charge on any atom is 0.481 e. The third-order valence-corrected chi connectivity index (χ3v) is 11.1. The maximum absolute atomic E-state index is 13.9. The minimum absolute atomic E-state index is 0.0453. The Bertz CT molecular complexity index is 1280. The monoisotopic (exact) mass is 684 g/mol. The summed E-state index contributed by atoms with van der Waals surface area (Å²) in [4.78, 5) is 32.1. The van der Waals surface area contributed by atoms with E-state index in [0.717, 1.165) is 17.4 Å². The molecule has 0 bridgehead atoms. The molecule has 0 radical (unpaired) electrons. The molecule has 7 unspecified atom stereocenters. The summed E-state index contributed by atoms with van der Waals surface area (Å²) >= 11 is 5.59. The topological polar surface area (TPSA) is 294 Å². The number of anilines is 1. The van der Waals surface area contributed by atoms with E-state index >= 15 is 0 Å². The smallest absolute Gasteiger partial charge is 0.397 e. The van der Waals surface area contributed by atoms with Crippen LogP contribution < -0.4 is 11.5 Å². The predicted molar refractivity (Wildman–Crippen MR) is 144 cm³/mol. The molecule has 0 aromatic carbocycles. The molecule has 42 heavy (non-hydrogen) atoms. The Morgan fingerprint density at radius 3 is 2.45 bits per heavy atom. The van der Waals surface area contributed by atoms with Crippen LogP contribution in [0.1, 0.15) is 28.3 Å². The fourth-order valence-electron chi connectivity index (χ4n) is 4.36. The van der Waals surface area contributed by atoms with Crippen LogP contribution >= 0.6 is 25.9 Å². The molecule has 0 saturated carbocycles. The highest BCUT2D eigenvalue weighted by Crippen LogP contribution is 2.62. The molecule has 22 heteroatoms. The number of carbonyl (C=O) groups is 1. The minimum Gasteiger partial charge on any atom is -0.397 e. The SMILES string of the molecule is C=C[C@]1(O)[C@H](c2csc(C(N)=O)c2N)O[C@](C)(COP(O)(=S)OP(=O)(O)OC2OC([C@@H](F)CO)C(O)C(O)C2O)[C@H]1O. The largest absolute Gasteiger partial charge is 0.481 e. The fraction of sp³-hybridized carbons (Fsp3) is 0.650. The molecule has 17 nitrogen and oxygen atoms in total. The van der Waals surface area contributed by atoms with Crippen LogP contribution in [0.2, 0.25) is 0 Å². The van der Waals surface area contributed by atoms with Gasteiger partial charge in [-0.15, -0.1) is 17.9 Å². The first kappa shape index (κ1) is 35.5. The first-order chi connectivity index (χ1) is 19.2. The van der Waals surface area contributed by atoms with Crippen LogP contribution in [0.3, 0.4) is 0 Å². The van der Waals surface area contributed by atoms with E-state index in [-0.39, 0.29) is 16.1 Å². The van der Waals surface area contributed by atoms with Crippen molar-refractivity contribution in [3.63, 3.8) is 0 Å². The van der Waals surface area contributed by atoms with Gasteiger partial charge in [-0.2, -0.15) is 0 Å². The van der Waals surface area contributed by atoms with Gasteiger partial charge in [0.05, 0.1) is 18.9 Å². The van der Waals surface area contributed by atoms with Crippen molar-refractivity contribution in [2.45, 2.75) is 67.2 Å². The fourth-order valence-corrected chi connectivity index (χ4v) is 8.37. The number of nitrogen functional groups attached to an aromatic ring is 1. The Balaban J connectivity index is 1.74. The summed E-state index contributed by atoms with van der Waals surface area (Å²) in [6.07, 6.45) is -15.4. The van der Waals surface area contributed by atoms with Crippen molar-refractivity contribution in [2.24, 2.45) is 5.73 Å². The number of hydrogen-bond donors (Lipinski definition) is 10. The average Bonchev–Trinajstić information content (AvgIpc) is 3.38. The molecule has 3 heterocycles. The second kappa shape index (κ2) is 12.8. The zero-order chi connectivity index (χ0) is 32.0. The number of halogens is 1. The number of amides is 1. The number of aliphatic hydroxyl groups is 6. The van der Waals surface area contributed by atoms with Gasteiger partial charge in [-0.05, 0) is 24.1 Å². The molecular formula is C20H31FN2O15P2S2. The van der Waals surface area contributed by atoms with Crippen molar-refractivity contribution in [2.75, 3.05) is 18.9 Å². The number of aliphatic hydroxyl groups excluding tert-OH is 5. The van der Waals surface area contributed by atoms with E-state index in [4.69, 9.17) is 42.4 Å². The number of alkyl halides is 1. The van der Waals surface area contributed by atoms with Crippen molar-refractivity contribution >= 4 is 49.3 Å². The van der Waals surface area contributed by atoms with Gasteiger partial charge in [-0.3, -0.25) is 9.32 Å². The van der Waals surface area contributed by atoms with Crippen molar-refractivity contribution in [3.05, 3.63) is 28.5 Å². The molecule has 0 aliphatic carbocycles. The normalized spacial score (nSPS) is 38.9. The van der Waals surface area contributed by atoms with Gasteiger partial charge < -0.3 is 65.9 Å². The molecule has 3 rings (SSSR count). The zero-order valence-electron chi connectivity index (χ0n) is 21.6. The third kappa shape index (κ3) is 6.95. The number of ether oxygens (including phenoxy) is 2. The first-order valence-corrected chi connectivity index (χ1v) is 16.7. The lowest BCUT2D eigenvalue weighted by Crippen LogP contribution is -2.60. The van der Waals surface area contributed by atoms with Crippen molar-refractivity contribution in [1.82, 2.24) is 0 Å². The van der Waals surface area contributed by atoms with Gasteiger partial charge in [0.2, 0.25) is 0 Å². The minimum atomic E-state index is -5.55. The van der Waals surface area contributed by atoms with Crippen LogP contribution in [0.4, 0.5) is 10.1 Å². The quantitative estimate of drug-likeness (QED) is 0.0844. The van der Waals surface area contributed by atoms with E-state index in [2.05, 4.69) is 15.4 Å². The van der Waals surface area contributed by atoms with Crippen LogP contribution in [0.25, 0.3) is 0 Å². The number of phosphoric ester groups is 1. The number of thiophene rings is 1. The summed E-state index contributed by atoms with van der Waals surface area (Å²) in [5, 5.41) is 62.3. The molecule has 0 spiro atoms. The number of primary amides is 1. The van der Waals surface area contributed by atoms with Gasteiger partial charge in [0.15, 0.2) is 12.5 Å². The van der Waals surface area contributed by atoms with E-state index in [1.54, 1.807) is 0 Å². The van der Waals surface area contributed by atoms with Crippen molar-refractivity contribution < 1.29 is 77.0 Å². The molecule has 2 aliphatic heterocycles. The molecule has 2 saturated heterocycles. The maximum atomic E-state index is 13.9. The highest BCUT2D eigenvalue weighted by atomic mass is 32.5. The van der Waals surface area contributed by atoms with Crippen LogP contribution in [0, 0.1) is 0 Å². The summed E-state index contributed by atoms with van der Waals surface area (Å²) in [5.41, 5.74) is 7.03. The molecule has 240 valence electrons.